The maximum absolute atomic E-state index is 13.5. The van der Waals surface area contributed by atoms with Crippen molar-refractivity contribution < 1.29 is 28.5 Å². The quantitative estimate of drug-likeness (QED) is 0.309. The summed E-state index contributed by atoms with van der Waals surface area (Å²) in [6.07, 6.45) is 0. The molecule has 0 atom stereocenters. The number of anilines is 1. The lowest BCUT2D eigenvalue weighted by atomic mass is 10.2. The Morgan fingerprint density at radius 3 is 2.46 bits per heavy atom. The molecule has 11 heteroatoms. The van der Waals surface area contributed by atoms with Crippen molar-refractivity contribution in [3.63, 3.8) is 0 Å². The van der Waals surface area contributed by atoms with Gasteiger partial charge in [-0.2, -0.15) is 9.78 Å². The summed E-state index contributed by atoms with van der Waals surface area (Å²) in [5.74, 6) is 0.524. The number of rotatable bonds is 10. The Hall–Kier alpha value is -4.38. The number of methoxy groups -OCH3 is 1. The molecule has 2 aromatic heterocycles. The van der Waals surface area contributed by atoms with Gasteiger partial charge in [-0.1, -0.05) is 6.07 Å². The number of carbonyl (C=O) groups is 2. The van der Waals surface area contributed by atoms with Crippen LogP contribution < -0.4 is 25.1 Å². The van der Waals surface area contributed by atoms with Crippen molar-refractivity contribution in [1.82, 2.24) is 9.78 Å². The molecule has 0 saturated carbocycles. The number of ether oxygens (including phenoxy) is 4. The van der Waals surface area contributed by atoms with E-state index >= 15 is 0 Å². The molecule has 1 amide bonds. The molecule has 2 heterocycles. The maximum Gasteiger partial charge on any atom is 0.359 e. The van der Waals surface area contributed by atoms with Crippen LogP contribution in [-0.4, -0.2) is 48.6 Å². The molecule has 0 aliphatic heterocycles. The minimum absolute atomic E-state index is 0.0327. The van der Waals surface area contributed by atoms with Gasteiger partial charge in [0.1, 0.15) is 22.2 Å². The smallest absolute Gasteiger partial charge is 0.359 e. The Kier molecular flexibility index (Phi) is 8.04. The van der Waals surface area contributed by atoms with Crippen molar-refractivity contribution in [3.05, 3.63) is 70.0 Å². The number of hydrogen-bond acceptors (Lipinski definition) is 9. The largest absolute Gasteiger partial charge is 0.497 e. The van der Waals surface area contributed by atoms with E-state index in [1.165, 1.54) is 7.11 Å². The van der Waals surface area contributed by atoms with Crippen LogP contribution in [0.4, 0.5) is 5.00 Å². The van der Waals surface area contributed by atoms with Crippen LogP contribution in [0.5, 0.6) is 17.2 Å². The van der Waals surface area contributed by atoms with Crippen LogP contribution in [-0.2, 0) is 9.53 Å². The van der Waals surface area contributed by atoms with Crippen LogP contribution in [0.1, 0.15) is 24.3 Å². The van der Waals surface area contributed by atoms with Crippen LogP contribution in [0.3, 0.4) is 0 Å². The Labute approximate surface area is 216 Å². The second kappa shape index (κ2) is 11.6. The summed E-state index contributed by atoms with van der Waals surface area (Å²) < 4.78 is 22.4. The Morgan fingerprint density at radius 2 is 1.76 bits per heavy atom. The van der Waals surface area contributed by atoms with E-state index in [-0.39, 0.29) is 29.3 Å². The van der Waals surface area contributed by atoms with Gasteiger partial charge in [0.05, 0.1) is 31.4 Å². The van der Waals surface area contributed by atoms with Crippen molar-refractivity contribution in [2.45, 2.75) is 13.8 Å². The first-order valence-electron chi connectivity index (χ1n) is 11.5. The van der Waals surface area contributed by atoms with Crippen molar-refractivity contribution in [1.29, 1.82) is 0 Å². The number of aromatic nitrogens is 2. The number of carbonyl (C=O) groups excluding carboxylic acids is 2. The third kappa shape index (κ3) is 5.72. The zero-order chi connectivity index (χ0) is 26.4. The van der Waals surface area contributed by atoms with Gasteiger partial charge in [0.25, 0.3) is 11.5 Å². The van der Waals surface area contributed by atoms with Crippen molar-refractivity contribution >= 4 is 39.0 Å². The lowest BCUT2D eigenvalue weighted by molar-refractivity contribution is -0.118. The molecule has 4 aromatic rings. The summed E-state index contributed by atoms with van der Waals surface area (Å²) in [6.45, 7) is 3.89. The fourth-order valence-electron chi connectivity index (χ4n) is 3.52. The first-order valence-corrected chi connectivity index (χ1v) is 12.3. The first-order chi connectivity index (χ1) is 17.9. The molecule has 4 rings (SSSR count). The van der Waals surface area contributed by atoms with Gasteiger partial charge in [0.15, 0.2) is 12.3 Å². The lowest BCUT2D eigenvalue weighted by Gasteiger charge is -2.11. The van der Waals surface area contributed by atoms with E-state index in [0.717, 1.165) is 16.0 Å². The highest BCUT2D eigenvalue weighted by Crippen LogP contribution is 2.31. The molecular weight excluding hydrogens is 498 g/mol. The second-order valence-electron chi connectivity index (χ2n) is 7.58. The highest BCUT2D eigenvalue weighted by atomic mass is 32.1. The number of nitrogens with zero attached hydrogens (tertiary/aromatic N) is 2. The lowest BCUT2D eigenvalue weighted by Crippen LogP contribution is -2.26. The second-order valence-corrected chi connectivity index (χ2v) is 8.46. The number of amides is 1. The zero-order valence-electron chi connectivity index (χ0n) is 20.5. The molecule has 0 unspecified atom stereocenters. The van der Waals surface area contributed by atoms with Crippen molar-refractivity contribution in [2.24, 2.45) is 0 Å². The third-order valence-electron chi connectivity index (χ3n) is 5.18. The van der Waals surface area contributed by atoms with Crippen LogP contribution in [0.15, 0.2) is 58.7 Å². The number of benzene rings is 2. The summed E-state index contributed by atoms with van der Waals surface area (Å²) in [5.41, 5.74) is -0.113. The normalized spacial score (nSPS) is 10.7. The molecular formula is C26H25N3O7S. The summed E-state index contributed by atoms with van der Waals surface area (Å²) >= 11 is 1.11. The van der Waals surface area contributed by atoms with Crippen LogP contribution in [0.25, 0.3) is 16.5 Å². The van der Waals surface area contributed by atoms with Gasteiger partial charge in [0.2, 0.25) is 0 Å². The summed E-state index contributed by atoms with van der Waals surface area (Å²) in [5, 5.41) is 9.31. The molecule has 2 aromatic carbocycles. The SMILES string of the molecule is CCOC(=O)c1nn(-c2ccc(OCC)cc2)c(=O)c2c(NC(=O)COc3cccc(OC)c3)scc12. The van der Waals surface area contributed by atoms with Gasteiger partial charge in [-0.05, 0) is 50.2 Å². The number of nitrogens with one attached hydrogen (secondary N) is 1. The Morgan fingerprint density at radius 1 is 1.00 bits per heavy atom. The third-order valence-corrected chi connectivity index (χ3v) is 6.07. The molecule has 0 aliphatic carbocycles. The van der Waals surface area contributed by atoms with Crippen LogP contribution in [0, 0.1) is 0 Å². The summed E-state index contributed by atoms with van der Waals surface area (Å²) in [4.78, 5) is 38.9. The van der Waals surface area contributed by atoms with E-state index in [1.807, 2.05) is 6.92 Å². The van der Waals surface area contributed by atoms with Gasteiger partial charge in [-0.15, -0.1) is 11.3 Å². The molecule has 0 aliphatic rings. The molecule has 0 radical (unpaired) electrons. The molecule has 37 heavy (non-hydrogen) atoms. The minimum Gasteiger partial charge on any atom is -0.497 e. The highest BCUT2D eigenvalue weighted by Gasteiger charge is 2.23. The van der Waals surface area contributed by atoms with E-state index in [4.69, 9.17) is 18.9 Å². The molecule has 1 N–H and O–H groups in total. The Bertz CT molecular complexity index is 1480. The van der Waals surface area contributed by atoms with Gasteiger partial charge >= 0.3 is 5.97 Å². The summed E-state index contributed by atoms with van der Waals surface area (Å²) in [6, 6.07) is 13.6. The molecule has 0 spiro atoms. The zero-order valence-corrected chi connectivity index (χ0v) is 21.3. The fourth-order valence-corrected chi connectivity index (χ4v) is 4.47. The standard InChI is InChI=1S/C26H25N3O7S/c1-4-34-17-11-9-16(10-12-17)29-25(31)22-20(23(28-29)26(32)35-5-2)15-37-24(22)27-21(30)14-36-19-8-6-7-18(13-19)33-3/h6-13,15H,4-5,14H2,1-3H3,(H,27,30). The average molecular weight is 524 g/mol. The molecule has 0 fully saturated rings. The molecule has 0 saturated heterocycles. The predicted octanol–water partition coefficient (Wildman–Crippen LogP) is 4.05. The van der Waals surface area contributed by atoms with Gasteiger partial charge in [-0.25, -0.2) is 4.79 Å². The highest BCUT2D eigenvalue weighted by molar-refractivity contribution is 7.16. The molecule has 0 bridgehead atoms. The van der Waals surface area contributed by atoms with E-state index in [9.17, 15) is 14.4 Å². The average Bonchev–Trinajstić information content (AvgIpc) is 3.32. The van der Waals surface area contributed by atoms with E-state index in [1.54, 1.807) is 60.8 Å². The summed E-state index contributed by atoms with van der Waals surface area (Å²) in [7, 11) is 1.53. The van der Waals surface area contributed by atoms with Gasteiger partial charge in [-0.3, -0.25) is 9.59 Å². The first kappa shape index (κ1) is 25.7. The van der Waals surface area contributed by atoms with Crippen LogP contribution >= 0.6 is 11.3 Å². The molecule has 192 valence electrons. The number of hydrogen-bond donors (Lipinski definition) is 1. The number of thiophene rings is 1. The maximum atomic E-state index is 13.5. The van der Waals surface area contributed by atoms with E-state index in [0.29, 0.717) is 34.9 Å². The van der Waals surface area contributed by atoms with Crippen LogP contribution in [0.2, 0.25) is 0 Å². The molecule has 10 nitrogen and oxygen atoms in total. The predicted molar refractivity (Wildman–Crippen MR) is 139 cm³/mol. The topological polar surface area (TPSA) is 118 Å². The monoisotopic (exact) mass is 523 g/mol. The van der Waals surface area contributed by atoms with Gasteiger partial charge in [0, 0.05) is 16.8 Å². The van der Waals surface area contributed by atoms with Gasteiger partial charge < -0.3 is 24.3 Å². The van der Waals surface area contributed by atoms with Crippen molar-refractivity contribution in [2.75, 3.05) is 32.2 Å². The fraction of sp³-hybridized carbons (Fsp3) is 0.231. The number of fused-ring (bicyclic) bond motifs is 1. The minimum atomic E-state index is -0.677. The number of esters is 1. The van der Waals surface area contributed by atoms with E-state index in [2.05, 4.69) is 10.4 Å². The Balaban J connectivity index is 1.68. The van der Waals surface area contributed by atoms with Crippen molar-refractivity contribution in [3.8, 4) is 22.9 Å². The van der Waals surface area contributed by atoms with E-state index < -0.39 is 17.4 Å².